The van der Waals surface area contributed by atoms with Gasteiger partial charge in [-0.2, -0.15) is 0 Å². The maximum atomic E-state index is 13.2. The summed E-state index contributed by atoms with van der Waals surface area (Å²) in [7, 11) is 1.46. The minimum absolute atomic E-state index is 0.0739. The number of nitrogens with one attached hydrogen (secondary N) is 2. The molecule has 1 heterocycles. The van der Waals surface area contributed by atoms with Gasteiger partial charge in [0.25, 0.3) is 5.91 Å². The second-order valence-electron chi connectivity index (χ2n) is 7.71. The van der Waals surface area contributed by atoms with Crippen molar-refractivity contribution in [1.29, 1.82) is 0 Å². The van der Waals surface area contributed by atoms with E-state index in [0.29, 0.717) is 63.2 Å². The quantitative estimate of drug-likeness (QED) is 0.385. The van der Waals surface area contributed by atoms with E-state index >= 15 is 0 Å². The molecule has 1 aromatic heterocycles. The number of hydrogen-bond acceptors (Lipinski definition) is 5. The molecule has 1 unspecified atom stereocenters. The fraction of sp³-hybridized carbons (Fsp3) is 0.208. The van der Waals surface area contributed by atoms with Gasteiger partial charge in [0.1, 0.15) is 17.2 Å². The van der Waals surface area contributed by atoms with E-state index < -0.39 is 5.91 Å². The summed E-state index contributed by atoms with van der Waals surface area (Å²) in [5, 5.41) is 7.64. The number of carbonyl (C=O) groups is 1. The summed E-state index contributed by atoms with van der Waals surface area (Å²) in [6.07, 6.45) is 4.83. The van der Waals surface area contributed by atoms with Gasteiger partial charge in [0.15, 0.2) is 5.11 Å². The van der Waals surface area contributed by atoms with Crippen LogP contribution >= 0.6 is 23.8 Å². The average Bonchev–Trinajstić information content (AvgIpc) is 2.81. The first-order valence-electron chi connectivity index (χ1n) is 10.5. The first-order valence-corrected chi connectivity index (χ1v) is 11.3. The van der Waals surface area contributed by atoms with E-state index in [9.17, 15) is 9.18 Å². The van der Waals surface area contributed by atoms with Crippen molar-refractivity contribution in [3.05, 3.63) is 65.1 Å². The largest absolute Gasteiger partial charge is 0.496 e. The van der Waals surface area contributed by atoms with Gasteiger partial charge in [-0.05, 0) is 49.3 Å². The topological polar surface area (TPSA) is 98.5 Å². The molecule has 1 amide bonds. The van der Waals surface area contributed by atoms with Crippen molar-refractivity contribution >= 4 is 51.4 Å². The Bertz CT molecular complexity index is 1300. The SMILES string of the molecule is COc1cc2nccc(Oc3ccc(NC(=S)NC4CC=C(F)CC4)c(Cl)c3)c2cc1C(N)=O. The van der Waals surface area contributed by atoms with Crippen molar-refractivity contribution in [3.63, 3.8) is 0 Å². The predicted octanol–water partition coefficient (Wildman–Crippen LogP) is 5.48. The number of thiocarbonyl (C=S) groups is 1. The normalized spacial score (nSPS) is 15.4. The highest BCUT2D eigenvalue weighted by Crippen LogP contribution is 2.35. The first kappa shape index (κ1) is 23.7. The summed E-state index contributed by atoms with van der Waals surface area (Å²) in [6, 6.07) is 10.1. The number of nitrogens with two attached hydrogens (primary N) is 1. The van der Waals surface area contributed by atoms with Crippen LogP contribution in [0, 0.1) is 0 Å². The zero-order chi connectivity index (χ0) is 24.2. The van der Waals surface area contributed by atoms with E-state index in [1.165, 1.54) is 7.11 Å². The van der Waals surface area contributed by atoms with Gasteiger partial charge in [-0.1, -0.05) is 17.7 Å². The number of fused-ring (bicyclic) bond motifs is 1. The number of allylic oxidation sites excluding steroid dienone is 1. The molecule has 10 heteroatoms. The third-order valence-corrected chi connectivity index (χ3v) is 5.93. The highest BCUT2D eigenvalue weighted by Gasteiger charge is 2.17. The first-order chi connectivity index (χ1) is 16.3. The van der Waals surface area contributed by atoms with Gasteiger partial charge >= 0.3 is 0 Å². The summed E-state index contributed by atoms with van der Waals surface area (Å²) in [4.78, 5) is 16.1. The van der Waals surface area contributed by atoms with Crippen LogP contribution in [0.1, 0.15) is 29.6 Å². The zero-order valence-corrected chi connectivity index (χ0v) is 19.8. The molecule has 0 fully saturated rings. The molecule has 0 saturated heterocycles. The molecule has 0 radical (unpaired) electrons. The number of pyridine rings is 1. The molecule has 176 valence electrons. The van der Waals surface area contributed by atoms with E-state index in [1.54, 1.807) is 48.7 Å². The van der Waals surface area contributed by atoms with Crippen molar-refractivity contribution in [3.8, 4) is 17.2 Å². The number of hydrogen-bond donors (Lipinski definition) is 3. The van der Waals surface area contributed by atoms with Gasteiger partial charge < -0.3 is 25.8 Å². The van der Waals surface area contributed by atoms with Crippen molar-refractivity contribution in [2.75, 3.05) is 12.4 Å². The molecule has 1 atom stereocenters. The maximum Gasteiger partial charge on any atom is 0.252 e. The highest BCUT2D eigenvalue weighted by molar-refractivity contribution is 7.80. The lowest BCUT2D eigenvalue weighted by Gasteiger charge is -2.22. The molecule has 4 N–H and O–H groups in total. The van der Waals surface area contributed by atoms with Crippen LogP contribution in [0.25, 0.3) is 10.9 Å². The molecule has 3 aromatic rings. The molecule has 2 aromatic carbocycles. The molecule has 34 heavy (non-hydrogen) atoms. The molecule has 1 aliphatic rings. The summed E-state index contributed by atoms with van der Waals surface area (Å²) in [5.41, 5.74) is 6.89. The van der Waals surface area contributed by atoms with Crippen molar-refractivity contribution in [1.82, 2.24) is 10.3 Å². The molecule has 1 aliphatic carbocycles. The van der Waals surface area contributed by atoms with E-state index in [1.807, 2.05) is 0 Å². The number of anilines is 1. The average molecular weight is 501 g/mol. The number of ether oxygens (including phenoxy) is 2. The number of benzene rings is 2. The van der Waals surface area contributed by atoms with E-state index in [0.717, 1.165) is 0 Å². The zero-order valence-electron chi connectivity index (χ0n) is 18.2. The smallest absolute Gasteiger partial charge is 0.252 e. The fourth-order valence-electron chi connectivity index (χ4n) is 3.66. The van der Waals surface area contributed by atoms with Crippen molar-refractivity contribution in [2.24, 2.45) is 5.73 Å². The monoisotopic (exact) mass is 500 g/mol. The Hall–Kier alpha value is -3.43. The Morgan fingerprint density at radius 1 is 1.26 bits per heavy atom. The number of halogens is 2. The summed E-state index contributed by atoms with van der Waals surface area (Å²) in [6.45, 7) is 0. The Labute approximate surface area is 206 Å². The van der Waals surface area contributed by atoms with Gasteiger partial charge in [0, 0.05) is 36.2 Å². The molecular formula is C24H22ClFN4O3S. The number of rotatable bonds is 6. The van der Waals surface area contributed by atoms with Crippen molar-refractivity contribution < 1.29 is 18.7 Å². The van der Waals surface area contributed by atoms with E-state index in [2.05, 4.69) is 15.6 Å². The number of carbonyl (C=O) groups excluding carboxylic acids is 1. The van der Waals surface area contributed by atoms with Crippen LogP contribution in [-0.4, -0.2) is 29.2 Å². The third kappa shape index (κ3) is 5.37. The number of nitrogens with zero attached hydrogens (tertiary/aromatic N) is 1. The van der Waals surface area contributed by atoms with Crippen LogP contribution < -0.4 is 25.8 Å². The summed E-state index contributed by atoms with van der Waals surface area (Å²) >= 11 is 11.8. The molecule has 0 saturated carbocycles. The van der Waals surface area contributed by atoms with Crippen LogP contribution in [0.2, 0.25) is 5.02 Å². The summed E-state index contributed by atoms with van der Waals surface area (Å²) < 4.78 is 24.5. The van der Waals surface area contributed by atoms with Gasteiger partial charge in [0.2, 0.25) is 0 Å². The number of amides is 1. The Morgan fingerprint density at radius 2 is 2.09 bits per heavy atom. The van der Waals surface area contributed by atoms with Gasteiger partial charge in [0.05, 0.1) is 34.7 Å². The van der Waals surface area contributed by atoms with Gasteiger partial charge in [-0.25, -0.2) is 4.39 Å². The van der Waals surface area contributed by atoms with E-state index in [4.69, 9.17) is 39.0 Å². The lowest BCUT2D eigenvalue weighted by molar-refractivity contribution is 0.0997. The number of aromatic nitrogens is 1. The van der Waals surface area contributed by atoms with Crippen LogP contribution in [0.3, 0.4) is 0 Å². The fourth-order valence-corrected chi connectivity index (χ4v) is 4.16. The number of primary amides is 1. The maximum absolute atomic E-state index is 13.2. The minimum Gasteiger partial charge on any atom is -0.496 e. The van der Waals surface area contributed by atoms with Gasteiger partial charge in [-0.15, -0.1) is 0 Å². The van der Waals surface area contributed by atoms with Crippen molar-refractivity contribution in [2.45, 2.75) is 25.3 Å². The second-order valence-corrected chi connectivity index (χ2v) is 8.52. The van der Waals surface area contributed by atoms with Crippen LogP contribution in [0.15, 0.2) is 54.5 Å². The molecule has 4 rings (SSSR count). The third-order valence-electron chi connectivity index (χ3n) is 5.40. The Morgan fingerprint density at radius 3 is 2.76 bits per heavy atom. The van der Waals surface area contributed by atoms with Crippen LogP contribution in [-0.2, 0) is 0 Å². The molecule has 0 aliphatic heterocycles. The molecule has 0 bridgehead atoms. The highest BCUT2D eigenvalue weighted by atomic mass is 35.5. The standard InChI is InChI=1S/C24H22ClFN4O3S/c1-32-22-12-20-16(11-17(22)23(27)31)21(8-9-28-20)33-15-6-7-19(18(25)10-15)30-24(34)29-14-4-2-13(26)3-5-14/h2,6-12,14H,3-5H2,1H3,(H2,27,31)(H2,29,30,34). The molecular weight excluding hydrogens is 479 g/mol. The summed E-state index contributed by atoms with van der Waals surface area (Å²) in [5.74, 6) is 0.587. The minimum atomic E-state index is -0.619. The predicted molar refractivity (Wildman–Crippen MR) is 135 cm³/mol. The van der Waals surface area contributed by atoms with Crippen LogP contribution in [0.4, 0.5) is 10.1 Å². The second kappa shape index (κ2) is 10.2. The number of methoxy groups -OCH3 is 1. The van der Waals surface area contributed by atoms with Gasteiger partial charge in [-0.3, -0.25) is 9.78 Å². The molecule has 0 spiro atoms. The van der Waals surface area contributed by atoms with E-state index in [-0.39, 0.29) is 17.4 Å². The lowest BCUT2D eigenvalue weighted by Crippen LogP contribution is -2.38. The molecule has 7 nitrogen and oxygen atoms in total. The Balaban J connectivity index is 1.51. The Kier molecular flexibility index (Phi) is 7.14. The lowest BCUT2D eigenvalue weighted by atomic mass is 10.0. The van der Waals surface area contributed by atoms with Crippen LogP contribution in [0.5, 0.6) is 17.2 Å².